The number of rotatable bonds is 3. The first-order valence-electron chi connectivity index (χ1n) is 10.1. The summed E-state index contributed by atoms with van der Waals surface area (Å²) in [5, 5.41) is 2.05. The summed E-state index contributed by atoms with van der Waals surface area (Å²) in [6.07, 6.45) is 4.49. The van der Waals surface area contributed by atoms with E-state index in [4.69, 9.17) is 19.2 Å². The Bertz CT molecular complexity index is 1150. The van der Waals surface area contributed by atoms with Crippen molar-refractivity contribution in [3.8, 4) is 5.75 Å². The fraction of sp³-hybridized carbons (Fsp3) is 0.391. The van der Waals surface area contributed by atoms with Gasteiger partial charge in [0.2, 0.25) is 0 Å². The molecule has 0 saturated heterocycles. The van der Waals surface area contributed by atoms with Gasteiger partial charge in [-0.15, -0.1) is 0 Å². The first kappa shape index (κ1) is 18.0. The van der Waals surface area contributed by atoms with E-state index in [-0.39, 0.29) is 23.9 Å². The highest BCUT2D eigenvalue weighted by molar-refractivity contribution is 6.02. The van der Waals surface area contributed by atoms with Gasteiger partial charge in [-0.3, -0.25) is 0 Å². The molecular weight excluding hydrogens is 368 g/mol. The maximum absolute atomic E-state index is 12.3. The number of benzene rings is 1. The largest absolute Gasteiger partial charge is 0.497 e. The van der Waals surface area contributed by atoms with Crippen molar-refractivity contribution >= 4 is 27.8 Å². The molecular formula is C23H24N2O4. The van der Waals surface area contributed by atoms with Crippen LogP contribution in [0.25, 0.3) is 21.8 Å². The molecule has 0 radical (unpaired) electrons. The molecule has 0 aliphatic carbocycles. The number of carbonyl (C=O) groups is 1. The van der Waals surface area contributed by atoms with Crippen molar-refractivity contribution in [2.24, 2.45) is 11.8 Å². The van der Waals surface area contributed by atoms with E-state index in [2.05, 4.69) is 23.8 Å². The molecule has 29 heavy (non-hydrogen) atoms. The second-order valence-electron chi connectivity index (χ2n) is 7.76. The molecule has 3 atom stereocenters. The Morgan fingerprint density at radius 3 is 2.93 bits per heavy atom. The van der Waals surface area contributed by atoms with Crippen molar-refractivity contribution in [3.63, 3.8) is 0 Å². The van der Waals surface area contributed by atoms with Gasteiger partial charge in [0.05, 0.1) is 42.0 Å². The van der Waals surface area contributed by atoms with Gasteiger partial charge < -0.3 is 18.8 Å². The highest BCUT2D eigenvalue weighted by Crippen LogP contribution is 2.43. The molecule has 2 aliphatic heterocycles. The van der Waals surface area contributed by atoms with Crippen molar-refractivity contribution in [3.05, 3.63) is 48.0 Å². The molecule has 1 aromatic carbocycles. The first-order chi connectivity index (χ1) is 14.1. The van der Waals surface area contributed by atoms with Crippen LogP contribution in [0.3, 0.4) is 0 Å². The van der Waals surface area contributed by atoms with Crippen LogP contribution in [0.15, 0.2) is 42.3 Å². The molecule has 5 rings (SSSR count). The molecule has 0 saturated carbocycles. The van der Waals surface area contributed by atoms with Crippen molar-refractivity contribution in [1.82, 2.24) is 9.55 Å². The number of fused-ring (bicyclic) bond motifs is 5. The summed E-state index contributed by atoms with van der Waals surface area (Å²) in [7, 11) is 1.42. The fourth-order valence-corrected chi connectivity index (χ4v) is 4.80. The molecule has 150 valence electrons. The van der Waals surface area contributed by atoms with Crippen LogP contribution >= 0.6 is 0 Å². The molecule has 0 unspecified atom stereocenters. The van der Waals surface area contributed by atoms with E-state index in [0.717, 1.165) is 46.2 Å². The Balaban J connectivity index is 1.70. The van der Waals surface area contributed by atoms with Gasteiger partial charge >= 0.3 is 5.97 Å². The zero-order chi connectivity index (χ0) is 20.1. The van der Waals surface area contributed by atoms with Crippen LogP contribution in [-0.4, -0.2) is 35.3 Å². The number of methoxy groups -OCH3 is 1. The average Bonchev–Trinajstić information content (AvgIpc) is 3.10. The summed E-state index contributed by atoms with van der Waals surface area (Å²) in [5.74, 6) is 0.824. The molecule has 0 N–H and O–H groups in total. The van der Waals surface area contributed by atoms with E-state index in [9.17, 15) is 4.79 Å². The lowest BCUT2D eigenvalue weighted by Crippen LogP contribution is -2.41. The minimum Gasteiger partial charge on any atom is -0.497 e. The predicted molar refractivity (Wildman–Crippen MR) is 110 cm³/mol. The summed E-state index contributed by atoms with van der Waals surface area (Å²) in [6, 6.07) is 8.07. The highest BCUT2D eigenvalue weighted by Gasteiger charge is 2.42. The number of pyridine rings is 1. The Morgan fingerprint density at radius 1 is 1.31 bits per heavy atom. The number of carbonyl (C=O) groups excluding carboxylic acids is 1. The highest BCUT2D eigenvalue weighted by atomic mass is 16.5. The van der Waals surface area contributed by atoms with Crippen LogP contribution in [0.4, 0.5) is 0 Å². The molecule has 6 heteroatoms. The van der Waals surface area contributed by atoms with Crippen molar-refractivity contribution in [1.29, 1.82) is 0 Å². The molecule has 4 heterocycles. The SMILES string of the molecule is CCOc1c2ccccc2nc2c3n(cc12)C[C@H]1[C@H](C)OC=C(C(=O)OC)[C@H]1C3. The monoisotopic (exact) mass is 392 g/mol. The standard InChI is InChI=1S/C23H24N2O4/c1-4-28-22-14-7-5-6-8-19(14)24-21-17(22)11-25-10-16-13(2)29-12-18(23(26)27-3)15(16)9-20(21)25/h5-8,11-13,15-16H,4,9-10H2,1-3H3/t13-,15-,16-/m0/s1. The summed E-state index contributed by atoms with van der Waals surface area (Å²) in [4.78, 5) is 17.3. The summed E-state index contributed by atoms with van der Waals surface area (Å²) < 4.78 is 19.1. The van der Waals surface area contributed by atoms with E-state index in [1.807, 2.05) is 25.1 Å². The molecule has 0 fully saturated rings. The van der Waals surface area contributed by atoms with Crippen LogP contribution in [0.5, 0.6) is 5.75 Å². The molecule has 6 nitrogen and oxygen atoms in total. The second-order valence-corrected chi connectivity index (χ2v) is 7.76. The number of nitrogens with zero attached hydrogens (tertiary/aromatic N) is 2. The zero-order valence-electron chi connectivity index (χ0n) is 16.8. The second kappa shape index (κ2) is 6.79. The number of hydrogen-bond acceptors (Lipinski definition) is 5. The third-order valence-electron chi connectivity index (χ3n) is 6.25. The third-order valence-corrected chi connectivity index (χ3v) is 6.25. The van der Waals surface area contributed by atoms with Gasteiger partial charge in [0.25, 0.3) is 0 Å². The molecule has 3 aromatic rings. The molecule has 0 bridgehead atoms. The molecule has 2 aliphatic rings. The molecule has 2 aromatic heterocycles. The minimum atomic E-state index is -0.315. The van der Waals surface area contributed by atoms with E-state index < -0.39 is 0 Å². The lowest BCUT2D eigenvalue weighted by molar-refractivity contribution is -0.138. The number of hydrogen-bond donors (Lipinski definition) is 0. The zero-order valence-corrected chi connectivity index (χ0v) is 16.8. The van der Waals surface area contributed by atoms with E-state index in [0.29, 0.717) is 12.2 Å². The van der Waals surface area contributed by atoms with Crippen LogP contribution in [-0.2, 0) is 27.2 Å². The van der Waals surface area contributed by atoms with Gasteiger partial charge in [-0.05, 0) is 32.4 Å². The van der Waals surface area contributed by atoms with E-state index >= 15 is 0 Å². The van der Waals surface area contributed by atoms with E-state index in [1.165, 1.54) is 7.11 Å². The summed E-state index contributed by atoms with van der Waals surface area (Å²) >= 11 is 0. The van der Waals surface area contributed by atoms with Crippen LogP contribution in [0.1, 0.15) is 19.5 Å². The predicted octanol–water partition coefficient (Wildman–Crippen LogP) is 3.85. The van der Waals surface area contributed by atoms with Crippen LogP contribution in [0, 0.1) is 11.8 Å². The maximum Gasteiger partial charge on any atom is 0.337 e. The molecule has 0 spiro atoms. The number of para-hydroxylation sites is 1. The summed E-state index contributed by atoms with van der Waals surface area (Å²) in [5.41, 5.74) is 3.62. The average molecular weight is 392 g/mol. The number of aromatic nitrogens is 2. The normalized spacial score (nSPS) is 23.1. The smallest absolute Gasteiger partial charge is 0.337 e. The fourth-order valence-electron chi connectivity index (χ4n) is 4.80. The van der Waals surface area contributed by atoms with Gasteiger partial charge in [-0.2, -0.15) is 0 Å². The molecule has 0 amide bonds. The van der Waals surface area contributed by atoms with E-state index in [1.54, 1.807) is 6.26 Å². The minimum absolute atomic E-state index is 0.0328. The maximum atomic E-state index is 12.3. The quantitative estimate of drug-likeness (QED) is 0.634. The van der Waals surface area contributed by atoms with Gasteiger partial charge in [0.15, 0.2) is 0 Å². The first-order valence-corrected chi connectivity index (χ1v) is 10.1. The number of esters is 1. The van der Waals surface area contributed by atoms with Gasteiger partial charge in [-0.25, -0.2) is 9.78 Å². The van der Waals surface area contributed by atoms with Gasteiger partial charge in [0.1, 0.15) is 11.9 Å². The Morgan fingerprint density at radius 2 is 2.14 bits per heavy atom. The number of ether oxygens (including phenoxy) is 3. The lowest BCUT2D eigenvalue weighted by Gasteiger charge is -2.39. The Kier molecular flexibility index (Phi) is 4.23. The lowest BCUT2D eigenvalue weighted by atomic mass is 9.76. The summed E-state index contributed by atoms with van der Waals surface area (Å²) in [6.45, 7) is 5.43. The Hall–Kier alpha value is -3.02. The van der Waals surface area contributed by atoms with Gasteiger partial charge in [-0.1, -0.05) is 12.1 Å². The van der Waals surface area contributed by atoms with Crippen molar-refractivity contribution in [2.45, 2.75) is 32.9 Å². The van der Waals surface area contributed by atoms with Crippen LogP contribution < -0.4 is 4.74 Å². The van der Waals surface area contributed by atoms with Gasteiger partial charge in [0, 0.05) is 35.7 Å². The van der Waals surface area contributed by atoms with Crippen molar-refractivity contribution in [2.75, 3.05) is 13.7 Å². The topological polar surface area (TPSA) is 62.6 Å². The third kappa shape index (κ3) is 2.69. The van der Waals surface area contributed by atoms with Crippen LogP contribution in [0.2, 0.25) is 0 Å². The Labute approximate surface area is 169 Å². The van der Waals surface area contributed by atoms with Crippen molar-refractivity contribution < 1.29 is 19.0 Å².